The summed E-state index contributed by atoms with van der Waals surface area (Å²) in [7, 11) is 0. The second kappa shape index (κ2) is 6.75. The molecule has 0 amide bonds. The average molecular weight is 348 g/mol. The Balaban J connectivity index is 1.89. The molecule has 0 saturated heterocycles. The highest BCUT2D eigenvalue weighted by Crippen LogP contribution is 2.29. The predicted octanol–water partition coefficient (Wildman–Crippen LogP) is 4.07. The summed E-state index contributed by atoms with van der Waals surface area (Å²) in [5, 5.41) is 8.27. The van der Waals surface area contributed by atoms with Gasteiger partial charge in [-0.15, -0.1) is 0 Å². The van der Waals surface area contributed by atoms with E-state index >= 15 is 0 Å². The summed E-state index contributed by atoms with van der Waals surface area (Å²) in [6.45, 7) is 4.03. The van der Waals surface area contributed by atoms with Crippen molar-refractivity contribution in [1.29, 1.82) is 0 Å². The lowest BCUT2D eigenvalue weighted by atomic mass is 10.1. The normalized spacial score (nSPS) is 18.3. The van der Waals surface area contributed by atoms with Crippen LogP contribution in [0.3, 0.4) is 0 Å². The third-order valence-electron chi connectivity index (χ3n) is 4.24. The highest BCUT2D eigenvalue weighted by Gasteiger charge is 2.22. The standard InChI is InChI=1S/C17H22BrN3/c1-2-19-16-9-5-6-10-17-14(16)11-20-21(17)12-13-7-3-4-8-15(13)18/h3-4,7-8,11,16,19H,2,5-6,9-10,12H2,1H3. The van der Waals surface area contributed by atoms with E-state index in [-0.39, 0.29) is 0 Å². The van der Waals surface area contributed by atoms with E-state index in [1.165, 1.54) is 36.1 Å². The lowest BCUT2D eigenvalue weighted by Crippen LogP contribution is -2.20. The molecule has 1 atom stereocenters. The molecule has 21 heavy (non-hydrogen) atoms. The second-order valence-corrected chi connectivity index (χ2v) is 6.51. The maximum Gasteiger partial charge on any atom is 0.0673 e. The first-order chi connectivity index (χ1) is 10.3. The molecule has 0 bridgehead atoms. The highest BCUT2D eigenvalue weighted by atomic mass is 79.9. The van der Waals surface area contributed by atoms with Crippen molar-refractivity contribution in [3.8, 4) is 0 Å². The van der Waals surface area contributed by atoms with Gasteiger partial charge in [0.05, 0.1) is 12.7 Å². The van der Waals surface area contributed by atoms with Gasteiger partial charge >= 0.3 is 0 Å². The zero-order valence-corrected chi connectivity index (χ0v) is 14.1. The van der Waals surface area contributed by atoms with E-state index in [0.717, 1.165) is 24.0 Å². The molecule has 112 valence electrons. The van der Waals surface area contributed by atoms with Crippen molar-refractivity contribution in [2.45, 2.75) is 45.2 Å². The van der Waals surface area contributed by atoms with E-state index in [9.17, 15) is 0 Å². The number of halogens is 1. The molecule has 3 nitrogen and oxygen atoms in total. The van der Waals surface area contributed by atoms with Crippen LogP contribution in [0, 0.1) is 0 Å². The molecule has 0 saturated carbocycles. The fourth-order valence-corrected chi connectivity index (χ4v) is 3.58. The van der Waals surface area contributed by atoms with E-state index < -0.39 is 0 Å². The second-order valence-electron chi connectivity index (χ2n) is 5.65. The molecule has 2 aromatic rings. The lowest BCUT2D eigenvalue weighted by molar-refractivity contribution is 0.503. The largest absolute Gasteiger partial charge is 0.310 e. The van der Waals surface area contributed by atoms with Gasteiger partial charge in [0.1, 0.15) is 0 Å². The molecule has 1 aromatic carbocycles. The maximum absolute atomic E-state index is 4.66. The van der Waals surface area contributed by atoms with Crippen LogP contribution in [-0.2, 0) is 13.0 Å². The molecule has 1 aromatic heterocycles. The lowest BCUT2D eigenvalue weighted by Gasteiger charge is -2.15. The van der Waals surface area contributed by atoms with Gasteiger partial charge in [-0.05, 0) is 37.4 Å². The number of aromatic nitrogens is 2. The first-order valence-corrected chi connectivity index (χ1v) is 8.60. The number of rotatable bonds is 4. The Morgan fingerprint density at radius 1 is 1.33 bits per heavy atom. The third kappa shape index (κ3) is 3.22. The van der Waals surface area contributed by atoms with E-state index in [4.69, 9.17) is 0 Å². The molecule has 4 heteroatoms. The molecule has 0 radical (unpaired) electrons. The van der Waals surface area contributed by atoms with Crippen molar-refractivity contribution in [3.63, 3.8) is 0 Å². The van der Waals surface area contributed by atoms with Crippen molar-refractivity contribution in [1.82, 2.24) is 15.1 Å². The van der Waals surface area contributed by atoms with Crippen LogP contribution < -0.4 is 5.32 Å². The zero-order chi connectivity index (χ0) is 14.7. The molecule has 0 fully saturated rings. The van der Waals surface area contributed by atoms with Crippen LogP contribution in [0.25, 0.3) is 0 Å². The number of hydrogen-bond acceptors (Lipinski definition) is 2. The quantitative estimate of drug-likeness (QED) is 0.844. The summed E-state index contributed by atoms with van der Waals surface area (Å²) < 4.78 is 3.34. The smallest absolute Gasteiger partial charge is 0.0673 e. The van der Waals surface area contributed by atoms with Crippen LogP contribution in [0.4, 0.5) is 0 Å². The predicted molar refractivity (Wildman–Crippen MR) is 89.4 cm³/mol. The Labute approximate surface area is 134 Å². The monoisotopic (exact) mass is 347 g/mol. The van der Waals surface area contributed by atoms with Gasteiger partial charge in [0.25, 0.3) is 0 Å². The Morgan fingerprint density at radius 3 is 3.00 bits per heavy atom. The molecule has 0 aliphatic heterocycles. The number of nitrogens with one attached hydrogen (secondary N) is 1. The van der Waals surface area contributed by atoms with Crippen molar-refractivity contribution >= 4 is 15.9 Å². The fraction of sp³-hybridized carbons (Fsp3) is 0.471. The minimum Gasteiger partial charge on any atom is -0.310 e. The Morgan fingerprint density at radius 2 is 2.19 bits per heavy atom. The number of hydrogen-bond donors (Lipinski definition) is 1. The average Bonchev–Trinajstić information content (AvgIpc) is 2.76. The van der Waals surface area contributed by atoms with Gasteiger partial charge in [-0.25, -0.2) is 0 Å². The molecule has 1 N–H and O–H groups in total. The SMILES string of the molecule is CCNC1CCCCc2c1cnn2Cc1ccccc1Br. The summed E-state index contributed by atoms with van der Waals surface area (Å²) in [5.74, 6) is 0. The Kier molecular flexibility index (Phi) is 4.76. The van der Waals surface area contributed by atoms with Crippen LogP contribution in [0.2, 0.25) is 0 Å². The van der Waals surface area contributed by atoms with Gasteiger partial charge in [0.15, 0.2) is 0 Å². The van der Waals surface area contributed by atoms with Crippen molar-refractivity contribution in [2.24, 2.45) is 0 Å². The van der Waals surface area contributed by atoms with Crippen molar-refractivity contribution in [2.75, 3.05) is 6.54 Å². The minimum absolute atomic E-state index is 0.473. The summed E-state index contributed by atoms with van der Waals surface area (Å²) in [6, 6.07) is 8.87. The molecule has 1 aliphatic carbocycles. The third-order valence-corrected chi connectivity index (χ3v) is 5.01. The van der Waals surface area contributed by atoms with Gasteiger partial charge < -0.3 is 5.32 Å². The summed E-state index contributed by atoms with van der Waals surface area (Å²) in [5.41, 5.74) is 4.10. The van der Waals surface area contributed by atoms with Gasteiger partial charge in [-0.2, -0.15) is 5.10 Å². The Hall–Kier alpha value is -1.13. The summed E-state index contributed by atoms with van der Waals surface area (Å²) in [4.78, 5) is 0. The van der Waals surface area contributed by atoms with Gasteiger partial charge in [-0.3, -0.25) is 4.68 Å². The fourth-order valence-electron chi connectivity index (χ4n) is 3.17. The van der Waals surface area contributed by atoms with Gasteiger partial charge in [0, 0.05) is 21.8 Å². The highest BCUT2D eigenvalue weighted by molar-refractivity contribution is 9.10. The van der Waals surface area contributed by atoms with E-state index in [1.54, 1.807) is 0 Å². The van der Waals surface area contributed by atoms with Gasteiger partial charge in [0.2, 0.25) is 0 Å². The van der Waals surface area contributed by atoms with E-state index in [0.29, 0.717) is 6.04 Å². The number of nitrogens with zero attached hydrogens (tertiary/aromatic N) is 2. The molecular formula is C17H22BrN3. The topological polar surface area (TPSA) is 29.9 Å². The molecule has 1 unspecified atom stereocenters. The van der Waals surface area contributed by atoms with Crippen LogP contribution in [0.5, 0.6) is 0 Å². The van der Waals surface area contributed by atoms with Crippen LogP contribution in [0.15, 0.2) is 34.9 Å². The van der Waals surface area contributed by atoms with Gasteiger partial charge in [-0.1, -0.05) is 47.5 Å². The first kappa shape index (κ1) is 14.8. The molecule has 0 spiro atoms. The summed E-state index contributed by atoms with van der Waals surface area (Å²) in [6.07, 6.45) is 6.99. The first-order valence-electron chi connectivity index (χ1n) is 7.81. The number of benzene rings is 1. The molecule has 3 rings (SSSR count). The van der Waals surface area contributed by atoms with E-state index in [1.807, 2.05) is 0 Å². The minimum atomic E-state index is 0.473. The van der Waals surface area contributed by atoms with Crippen LogP contribution in [0.1, 0.15) is 49.0 Å². The van der Waals surface area contributed by atoms with E-state index in [2.05, 4.69) is 68.4 Å². The molecule has 1 aliphatic rings. The van der Waals surface area contributed by atoms with Crippen molar-refractivity contribution < 1.29 is 0 Å². The maximum atomic E-state index is 4.66. The number of fused-ring (bicyclic) bond motifs is 1. The molecular weight excluding hydrogens is 326 g/mol. The van der Waals surface area contributed by atoms with Crippen LogP contribution >= 0.6 is 15.9 Å². The molecule has 1 heterocycles. The van der Waals surface area contributed by atoms with Crippen LogP contribution in [-0.4, -0.2) is 16.3 Å². The Bertz CT molecular complexity index is 606. The van der Waals surface area contributed by atoms with Crippen molar-refractivity contribution in [3.05, 3.63) is 51.8 Å². The summed E-state index contributed by atoms with van der Waals surface area (Å²) >= 11 is 3.64. The zero-order valence-electron chi connectivity index (χ0n) is 12.5.